The van der Waals surface area contributed by atoms with Gasteiger partial charge in [-0.05, 0) is 62.8 Å². The zero-order valence-electron chi connectivity index (χ0n) is 15.5. The first-order chi connectivity index (χ1) is 10.9. The van der Waals surface area contributed by atoms with Gasteiger partial charge >= 0.3 is 0 Å². The Labute approximate surface area is 147 Å². The van der Waals surface area contributed by atoms with Gasteiger partial charge in [0.15, 0.2) is 0 Å². The van der Waals surface area contributed by atoms with Crippen LogP contribution in [-0.4, -0.2) is 18.6 Å². The Morgan fingerprint density at radius 3 is 2.65 bits per heavy atom. The van der Waals surface area contributed by atoms with E-state index in [0.717, 1.165) is 31.1 Å². The van der Waals surface area contributed by atoms with Crippen LogP contribution in [0.2, 0.25) is 5.02 Å². The lowest BCUT2D eigenvalue weighted by Crippen LogP contribution is -2.48. The summed E-state index contributed by atoms with van der Waals surface area (Å²) in [5, 5.41) is 4.38. The van der Waals surface area contributed by atoms with Gasteiger partial charge in [-0.25, -0.2) is 0 Å². The summed E-state index contributed by atoms with van der Waals surface area (Å²) >= 11 is 6.61. The van der Waals surface area contributed by atoms with Crippen LogP contribution < -0.4 is 10.2 Å². The largest absolute Gasteiger partial charge is 0.366 e. The molecule has 1 heterocycles. The molecule has 0 amide bonds. The van der Waals surface area contributed by atoms with Crippen LogP contribution in [0.4, 0.5) is 5.69 Å². The van der Waals surface area contributed by atoms with Crippen molar-refractivity contribution in [1.29, 1.82) is 0 Å². The van der Waals surface area contributed by atoms with E-state index < -0.39 is 0 Å². The summed E-state index contributed by atoms with van der Waals surface area (Å²) < 4.78 is 0. The minimum atomic E-state index is 0.201. The highest BCUT2D eigenvalue weighted by Crippen LogP contribution is 2.45. The third kappa shape index (κ3) is 4.22. The van der Waals surface area contributed by atoms with Gasteiger partial charge < -0.3 is 10.2 Å². The molecule has 0 radical (unpaired) electrons. The molecule has 0 fully saturated rings. The molecule has 0 spiro atoms. The predicted octanol–water partition coefficient (Wildman–Crippen LogP) is 5.73. The van der Waals surface area contributed by atoms with Gasteiger partial charge in [0.1, 0.15) is 0 Å². The van der Waals surface area contributed by atoms with Crippen LogP contribution in [0.3, 0.4) is 0 Å². The highest BCUT2D eigenvalue weighted by molar-refractivity contribution is 6.31. The molecule has 0 aliphatic carbocycles. The summed E-state index contributed by atoms with van der Waals surface area (Å²) in [5.41, 5.74) is 4.26. The maximum Gasteiger partial charge on any atom is 0.0471 e. The molecule has 1 atom stereocenters. The number of rotatable bonds is 7. The highest BCUT2D eigenvalue weighted by atomic mass is 35.5. The number of anilines is 1. The molecule has 2 rings (SSSR count). The normalized spacial score (nSPS) is 19.7. The SMILES string of the molecule is CCCCN1c2cc(Cl)c(CNCCC)cc2[C@@H](C)CC1(C)C. The van der Waals surface area contributed by atoms with Crippen molar-refractivity contribution in [2.45, 2.75) is 78.3 Å². The molecular weight excluding hydrogens is 304 g/mol. The van der Waals surface area contributed by atoms with Crippen molar-refractivity contribution in [3.8, 4) is 0 Å². The van der Waals surface area contributed by atoms with Crippen molar-refractivity contribution in [1.82, 2.24) is 5.32 Å². The second-order valence-electron chi connectivity index (χ2n) is 7.60. The van der Waals surface area contributed by atoms with Crippen LogP contribution in [0.1, 0.15) is 77.3 Å². The number of nitrogens with one attached hydrogen (secondary N) is 1. The molecule has 1 aromatic rings. The average molecular weight is 337 g/mol. The molecule has 1 aromatic carbocycles. The van der Waals surface area contributed by atoms with Crippen LogP contribution >= 0.6 is 11.6 Å². The van der Waals surface area contributed by atoms with Gasteiger partial charge in [0, 0.05) is 29.3 Å². The van der Waals surface area contributed by atoms with Crippen LogP contribution in [0, 0.1) is 0 Å². The summed E-state index contributed by atoms with van der Waals surface area (Å²) in [5.74, 6) is 0.583. The maximum absolute atomic E-state index is 6.61. The highest BCUT2D eigenvalue weighted by Gasteiger charge is 2.36. The predicted molar refractivity (Wildman–Crippen MR) is 103 cm³/mol. The van der Waals surface area contributed by atoms with E-state index in [0.29, 0.717) is 5.92 Å². The van der Waals surface area contributed by atoms with Crippen LogP contribution in [-0.2, 0) is 6.54 Å². The number of halogens is 1. The van der Waals surface area contributed by atoms with E-state index in [1.807, 2.05) is 0 Å². The van der Waals surface area contributed by atoms with Gasteiger partial charge in [0.2, 0.25) is 0 Å². The third-order valence-corrected chi connectivity index (χ3v) is 5.38. The van der Waals surface area contributed by atoms with Crippen molar-refractivity contribution < 1.29 is 0 Å². The topological polar surface area (TPSA) is 15.3 Å². The lowest BCUT2D eigenvalue weighted by Gasteiger charge is -2.48. The molecule has 1 aliphatic heterocycles. The summed E-state index contributed by atoms with van der Waals surface area (Å²) in [4.78, 5) is 2.58. The first-order valence-electron chi connectivity index (χ1n) is 9.21. The fraction of sp³-hybridized carbons (Fsp3) is 0.700. The van der Waals surface area contributed by atoms with Crippen LogP contribution in [0.25, 0.3) is 0 Å². The summed E-state index contributed by atoms with van der Waals surface area (Å²) in [6.07, 6.45) is 4.81. The number of fused-ring (bicyclic) bond motifs is 1. The Hall–Kier alpha value is -0.730. The smallest absolute Gasteiger partial charge is 0.0471 e. The minimum absolute atomic E-state index is 0.201. The molecule has 0 aromatic heterocycles. The van der Waals surface area contributed by atoms with E-state index in [4.69, 9.17) is 11.6 Å². The number of hydrogen-bond donors (Lipinski definition) is 1. The maximum atomic E-state index is 6.61. The second kappa shape index (κ2) is 7.90. The first kappa shape index (κ1) is 18.6. The molecule has 2 nitrogen and oxygen atoms in total. The zero-order chi connectivity index (χ0) is 17.0. The molecule has 0 bridgehead atoms. The van der Waals surface area contributed by atoms with Crippen molar-refractivity contribution in [2.24, 2.45) is 0 Å². The zero-order valence-corrected chi connectivity index (χ0v) is 16.3. The van der Waals surface area contributed by atoms with Gasteiger partial charge in [-0.2, -0.15) is 0 Å². The average Bonchev–Trinajstić information content (AvgIpc) is 2.47. The van der Waals surface area contributed by atoms with E-state index in [2.05, 4.69) is 57.0 Å². The van der Waals surface area contributed by atoms with Gasteiger partial charge in [-0.1, -0.05) is 44.9 Å². The molecule has 0 saturated carbocycles. The molecule has 1 aliphatic rings. The molecule has 1 N–H and O–H groups in total. The van der Waals surface area contributed by atoms with Gasteiger partial charge in [0.25, 0.3) is 0 Å². The van der Waals surface area contributed by atoms with Gasteiger partial charge in [0.05, 0.1) is 0 Å². The third-order valence-electron chi connectivity index (χ3n) is 5.03. The Kier molecular flexibility index (Phi) is 6.39. The van der Waals surface area contributed by atoms with Crippen LogP contribution in [0.15, 0.2) is 12.1 Å². The minimum Gasteiger partial charge on any atom is -0.366 e. The number of benzene rings is 1. The quantitative estimate of drug-likeness (QED) is 0.639. The first-order valence-corrected chi connectivity index (χ1v) is 9.59. The molecule has 0 unspecified atom stereocenters. The summed E-state index contributed by atoms with van der Waals surface area (Å²) in [7, 11) is 0. The summed E-state index contributed by atoms with van der Waals surface area (Å²) in [6.45, 7) is 14.6. The van der Waals surface area contributed by atoms with Crippen molar-refractivity contribution in [3.05, 3.63) is 28.3 Å². The fourth-order valence-corrected chi connectivity index (χ4v) is 4.05. The Bertz CT molecular complexity index is 525. The Morgan fingerprint density at radius 2 is 2.00 bits per heavy atom. The number of nitrogens with zero attached hydrogens (tertiary/aromatic N) is 1. The second-order valence-corrected chi connectivity index (χ2v) is 8.01. The molecule has 23 heavy (non-hydrogen) atoms. The van der Waals surface area contributed by atoms with Crippen molar-refractivity contribution in [3.63, 3.8) is 0 Å². The summed E-state index contributed by atoms with van der Waals surface area (Å²) in [6, 6.07) is 4.56. The number of hydrogen-bond acceptors (Lipinski definition) is 2. The fourth-order valence-electron chi connectivity index (χ4n) is 3.83. The molecular formula is C20H33ClN2. The van der Waals surface area contributed by atoms with Gasteiger partial charge in [-0.15, -0.1) is 0 Å². The van der Waals surface area contributed by atoms with E-state index in [-0.39, 0.29) is 5.54 Å². The molecule has 3 heteroatoms. The monoisotopic (exact) mass is 336 g/mol. The van der Waals surface area contributed by atoms with Gasteiger partial charge in [-0.3, -0.25) is 0 Å². The van der Waals surface area contributed by atoms with E-state index in [1.165, 1.54) is 36.1 Å². The number of unbranched alkanes of at least 4 members (excludes halogenated alkanes) is 1. The van der Waals surface area contributed by atoms with Crippen molar-refractivity contribution in [2.75, 3.05) is 18.0 Å². The molecule has 0 saturated heterocycles. The van der Waals surface area contributed by atoms with Crippen LogP contribution in [0.5, 0.6) is 0 Å². The Balaban J connectivity index is 2.34. The van der Waals surface area contributed by atoms with E-state index in [9.17, 15) is 0 Å². The lowest BCUT2D eigenvalue weighted by molar-refractivity contribution is 0.373. The standard InChI is InChI=1S/C20H33ClN2/c1-6-8-10-23-19-12-18(21)16(14-22-9-7-2)11-17(19)15(3)13-20(23,4)5/h11-12,15,22H,6-10,13-14H2,1-5H3/t15-/m0/s1. The Morgan fingerprint density at radius 1 is 1.26 bits per heavy atom. The van der Waals surface area contributed by atoms with Crippen molar-refractivity contribution >= 4 is 17.3 Å². The lowest BCUT2D eigenvalue weighted by atomic mass is 9.79. The van der Waals surface area contributed by atoms with E-state index >= 15 is 0 Å². The van der Waals surface area contributed by atoms with E-state index in [1.54, 1.807) is 0 Å². The molecule has 130 valence electrons.